The van der Waals surface area contributed by atoms with Crippen molar-refractivity contribution in [2.24, 2.45) is 0 Å². The Labute approximate surface area is 127 Å². The first kappa shape index (κ1) is 16.8. The fraction of sp³-hybridized carbons (Fsp3) is 1.00. The molecule has 120 valence electrons. The molecule has 0 spiro atoms. The van der Waals surface area contributed by atoms with E-state index in [-0.39, 0.29) is 0 Å². The predicted octanol–water partition coefficient (Wildman–Crippen LogP) is 1.14. The molecule has 2 aliphatic heterocycles. The van der Waals surface area contributed by atoms with Gasteiger partial charge in [-0.2, -0.15) is 0 Å². The summed E-state index contributed by atoms with van der Waals surface area (Å²) in [5.74, 6) is 0. The van der Waals surface area contributed by atoms with Gasteiger partial charge in [-0.25, -0.2) is 0 Å². The van der Waals surface area contributed by atoms with Crippen molar-refractivity contribution in [2.45, 2.75) is 0 Å². The van der Waals surface area contributed by atoms with Gasteiger partial charge in [0, 0.05) is 0 Å². The Bertz CT molecular complexity index is 303. The summed E-state index contributed by atoms with van der Waals surface area (Å²) in [6.45, 7) is 3.46. The maximum atomic E-state index is 7.55. The number of rotatable bonds is 4. The van der Waals surface area contributed by atoms with Crippen LogP contribution >= 0.6 is 17.8 Å². The van der Waals surface area contributed by atoms with Gasteiger partial charge in [-0.1, -0.05) is 0 Å². The van der Waals surface area contributed by atoms with Crippen molar-refractivity contribution in [3.05, 3.63) is 0 Å². The van der Waals surface area contributed by atoms with Gasteiger partial charge in [-0.15, -0.1) is 0 Å². The van der Waals surface area contributed by atoms with Crippen molar-refractivity contribution in [1.82, 2.24) is 18.7 Å². The van der Waals surface area contributed by atoms with E-state index in [2.05, 4.69) is 46.9 Å². The zero-order valence-electron chi connectivity index (χ0n) is 13.1. The average Bonchev–Trinajstić information content (AvgIpc) is 2.48. The van der Waals surface area contributed by atoms with E-state index in [9.17, 15) is 0 Å². The molecule has 2 heterocycles. The molecule has 0 aromatic carbocycles. The quantitative estimate of drug-likeness (QED) is 0.720. The fourth-order valence-corrected chi connectivity index (χ4v) is 9.05. The molecule has 20 heavy (non-hydrogen) atoms. The molecule has 2 rings (SSSR count). The standard InChI is InChI=1S/C12H28ClN4O2P/c1-14(2)20(13,15(3)4,16-5-9-18-10-6-16)17-7-11-19-12-8-17/h5-12H2,1-4H3. The molecule has 0 unspecified atom stereocenters. The summed E-state index contributed by atoms with van der Waals surface area (Å²) >= 11 is 7.55. The second-order valence-corrected chi connectivity index (χ2v) is 11.9. The van der Waals surface area contributed by atoms with Gasteiger partial charge < -0.3 is 0 Å². The molecule has 0 aliphatic carbocycles. The second kappa shape index (κ2) is 6.31. The van der Waals surface area contributed by atoms with Crippen LogP contribution in [0.3, 0.4) is 0 Å². The van der Waals surface area contributed by atoms with Crippen LogP contribution in [0, 0.1) is 0 Å². The minimum atomic E-state index is -3.00. The number of halogens is 1. The zero-order chi connectivity index (χ0) is 14.8. The van der Waals surface area contributed by atoms with Crippen LogP contribution in [-0.2, 0) is 9.47 Å². The van der Waals surface area contributed by atoms with Crippen LogP contribution < -0.4 is 0 Å². The molecule has 6 nitrogen and oxygen atoms in total. The van der Waals surface area contributed by atoms with Crippen molar-refractivity contribution in [2.75, 3.05) is 80.8 Å². The maximum absolute atomic E-state index is 7.55. The zero-order valence-corrected chi connectivity index (χ0v) is 14.7. The van der Waals surface area contributed by atoms with Crippen molar-refractivity contribution < 1.29 is 9.47 Å². The van der Waals surface area contributed by atoms with Gasteiger partial charge in [-0.3, -0.25) is 0 Å². The van der Waals surface area contributed by atoms with Crippen LogP contribution in [-0.4, -0.2) is 99.5 Å². The summed E-state index contributed by atoms with van der Waals surface area (Å²) < 4.78 is 20.4. The van der Waals surface area contributed by atoms with E-state index in [1.165, 1.54) is 0 Å². The van der Waals surface area contributed by atoms with Crippen LogP contribution in [0.5, 0.6) is 0 Å². The molecule has 0 aromatic heterocycles. The Hall–Kier alpha value is 0.480. The number of hydrogen-bond donors (Lipinski definition) is 0. The molecule has 0 aromatic rings. The van der Waals surface area contributed by atoms with Gasteiger partial charge in [0.15, 0.2) is 0 Å². The molecule has 0 saturated carbocycles. The fourth-order valence-electron chi connectivity index (χ4n) is 3.34. The number of ether oxygens (including phenoxy) is 2. The van der Waals surface area contributed by atoms with E-state index in [0.29, 0.717) is 0 Å². The predicted molar refractivity (Wildman–Crippen MR) is 84.9 cm³/mol. The summed E-state index contributed by atoms with van der Waals surface area (Å²) in [6.07, 6.45) is 0. The van der Waals surface area contributed by atoms with Crippen molar-refractivity contribution >= 4 is 17.8 Å². The van der Waals surface area contributed by atoms with E-state index >= 15 is 0 Å². The Kier molecular flexibility index (Phi) is 5.31. The topological polar surface area (TPSA) is 31.4 Å². The molecule has 0 atom stereocenters. The third-order valence-electron chi connectivity index (χ3n) is 4.32. The Morgan fingerprint density at radius 2 is 1.05 bits per heavy atom. The third kappa shape index (κ3) is 2.40. The molecule has 0 amide bonds. The van der Waals surface area contributed by atoms with Gasteiger partial charge in [0.25, 0.3) is 0 Å². The van der Waals surface area contributed by atoms with E-state index < -0.39 is 6.56 Å². The second-order valence-electron chi connectivity index (χ2n) is 5.67. The summed E-state index contributed by atoms with van der Waals surface area (Å²) in [7, 11) is 8.37. The first-order valence-corrected chi connectivity index (χ1v) is 10.1. The van der Waals surface area contributed by atoms with Gasteiger partial charge in [0.05, 0.1) is 0 Å². The van der Waals surface area contributed by atoms with E-state index in [4.69, 9.17) is 20.7 Å². The normalized spacial score (nSPS) is 25.9. The Morgan fingerprint density at radius 3 is 1.30 bits per heavy atom. The van der Waals surface area contributed by atoms with Crippen LogP contribution in [0.4, 0.5) is 0 Å². The first-order chi connectivity index (χ1) is 9.42. The van der Waals surface area contributed by atoms with Crippen LogP contribution in [0.1, 0.15) is 0 Å². The number of nitrogens with zero attached hydrogens (tertiary/aromatic N) is 4. The Morgan fingerprint density at radius 1 is 0.750 bits per heavy atom. The third-order valence-corrected chi connectivity index (χ3v) is 12.9. The Balaban J connectivity index is 2.43. The number of hydrogen-bond acceptors (Lipinski definition) is 6. The molecule has 2 fully saturated rings. The summed E-state index contributed by atoms with van der Waals surface area (Å²) in [6, 6.07) is 0. The molecule has 2 saturated heterocycles. The molecule has 8 heteroatoms. The minimum absolute atomic E-state index is 0.747. The van der Waals surface area contributed by atoms with Crippen LogP contribution in [0.25, 0.3) is 0 Å². The van der Waals surface area contributed by atoms with E-state index in [0.717, 1.165) is 52.6 Å². The molecule has 0 N–H and O–H groups in total. The first-order valence-electron chi connectivity index (χ1n) is 7.18. The molecule has 0 bridgehead atoms. The summed E-state index contributed by atoms with van der Waals surface area (Å²) in [5, 5.41) is 0. The molecule has 0 radical (unpaired) electrons. The van der Waals surface area contributed by atoms with Crippen LogP contribution in [0.2, 0.25) is 0 Å². The molecule has 2 aliphatic rings. The van der Waals surface area contributed by atoms with E-state index in [1.807, 2.05) is 0 Å². The van der Waals surface area contributed by atoms with Gasteiger partial charge >= 0.3 is 127 Å². The summed E-state index contributed by atoms with van der Waals surface area (Å²) in [5.41, 5.74) is 0. The van der Waals surface area contributed by atoms with Crippen molar-refractivity contribution in [3.63, 3.8) is 0 Å². The van der Waals surface area contributed by atoms with Gasteiger partial charge in [0.2, 0.25) is 0 Å². The van der Waals surface area contributed by atoms with Gasteiger partial charge in [0.1, 0.15) is 0 Å². The SMILES string of the molecule is CN(C)P(Cl)(N(C)C)(N1CCOCC1)N1CCOCC1. The average molecular weight is 327 g/mol. The number of morpholine rings is 2. The monoisotopic (exact) mass is 326 g/mol. The van der Waals surface area contributed by atoms with Gasteiger partial charge in [-0.05, 0) is 0 Å². The van der Waals surface area contributed by atoms with Crippen LogP contribution in [0.15, 0.2) is 0 Å². The van der Waals surface area contributed by atoms with Crippen molar-refractivity contribution in [1.29, 1.82) is 0 Å². The molecular formula is C12H28ClN4O2P. The summed E-state index contributed by atoms with van der Waals surface area (Å²) in [4.78, 5) is 0. The van der Waals surface area contributed by atoms with Crippen molar-refractivity contribution in [3.8, 4) is 0 Å². The van der Waals surface area contributed by atoms with E-state index in [1.54, 1.807) is 0 Å². The molecular weight excluding hydrogens is 299 g/mol.